The molecule has 4 rings (SSSR count). The first-order valence-electron chi connectivity index (χ1n) is 8.69. The van der Waals surface area contributed by atoms with Gasteiger partial charge in [0.1, 0.15) is 10.6 Å². The fourth-order valence-electron chi connectivity index (χ4n) is 2.69. The molecule has 0 bridgehead atoms. The van der Waals surface area contributed by atoms with Gasteiger partial charge in [0.25, 0.3) is 0 Å². The van der Waals surface area contributed by atoms with Crippen molar-refractivity contribution < 1.29 is 22.1 Å². The van der Waals surface area contributed by atoms with E-state index in [2.05, 4.69) is 4.99 Å². The molecule has 3 aromatic rings. The first-order valence-corrected chi connectivity index (χ1v) is 10.1. The molecular weight excluding hydrogens is 390 g/mol. The lowest BCUT2D eigenvalue weighted by Crippen LogP contribution is -2.09. The highest BCUT2D eigenvalue weighted by atomic mass is 32.2. The summed E-state index contributed by atoms with van der Waals surface area (Å²) in [5.74, 6) is -0.227. The Bertz CT molecular complexity index is 1220. The maximum absolute atomic E-state index is 12.4. The van der Waals surface area contributed by atoms with Crippen LogP contribution in [0.15, 0.2) is 101 Å². The zero-order valence-electron chi connectivity index (χ0n) is 15.1. The maximum Gasteiger partial charge on any atom is 0.363 e. The number of carbonyl (C=O) groups is 1. The number of aliphatic imine (C=N–C) groups is 1. The summed E-state index contributed by atoms with van der Waals surface area (Å²) in [6, 6.07) is 23.3. The Morgan fingerprint density at radius 1 is 0.862 bits per heavy atom. The minimum atomic E-state index is -3.95. The molecule has 0 amide bonds. The van der Waals surface area contributed by atoms with Gasteiger partial charge in [-0.1, -0.05) is 48.5 Å². The zero-order valence-corrected chi connectivity index (χ0v) is 15.9. The monoisotopic (exact) mass is 405 g/mol. The average Bonchev–Trinajstić information content (AvgIpc) is 3.10. The highest BCUT2D eigenvalue weighted by Crippen LogP contribution is 2.23. The topological polar surface area (TPSA) is 82.0 Å². The lowest BCUT2D eigenvalue weighted by Gasteiger charge is -2.07. The highest BCUT2D eigenvalue weighted by molar-refractivity contribution is 7.87. The minimum Gasteiger partial charge on any atom is -0.402 e. The smallest absolute Gasteiger partial charge is 0.363 e. The van der Waals surface area contributed by atoms with Gasteiger partial charge in [0.15, 0.2) is 5.70 Å². The van der Waals surface area contributed by atoms with Gasteiger partial charge in [-0.05, 0) is 48.0 Å². The standard InChI is InChI=1S/C22H15NO5S/c24-22-20(23-21(27-22)17-9-3-1-4-10-17)15-16-8-7-11-18(14-16)28-29(25,26)19-12-5-2-6-13-19/h1-15H/b20-15-. The van der Waals surface area contributed by atoms with Crippen LogP contribution in [0.4, 0.5) is 0 Å². The van der Waals surface area contributed by atoms with Gasteiger partial charge < -0.3 is 8.92 Å². The summed E-state index contributed by atoms with van der Waals surface area (Å²) in [6.07, 6.45) is 1.51. The molecule has 7 heteroatoms. The zero-order chi connectivity index (χ0) is 20.3. The number of benzene rings is 3. The van der Waals surface area contributed by atoms with Crippen LogP contribution in [0.1, 0.15) is 11.1 Å². The molecule has 0 unspecified atom stereocenters. The summed E-state index contributed by atoms with van der Waals surface area (Å²) in [5, 5.41) is 0. The molecule has 0 atom stereocenters. The number of hydrogen-bond acceptors (Lipinski definition) is 6. The number of carbonyl (C=O) groups excluding carboxylic acids is 1. The molecule has 3 aromatic carbocycles. The minimum absolute atomic E-state index is 0.0558. The molecule has 0 radical (unpaired) electrons. The molecule has 0 spiro atoms. The van der Waals surface area contributed by atoms with Crippen molar-refractivity contribution in [1.29, 1.82) is 0 Å². The maximum atomic E-state index is 12.4. The van der Waals surface area contributed by atoms with Crippen molar-refractivity contribution in [3.63, 3.8) is 0 Å². The first kappa shape index (κ1) is 18.6. The molecule has 144 valence electrons. The predicted octanol–water partition coefficient (Wildman–Crippen LogP) is 3.80. The fourth-order valence-corrected chi connectivity index (χ4v) is 3.63. The molecule has 1 aliphatic rings. The average molecular weight is 405 g/mol. The Labute approximate surface area is 167 Å². The van der Waals surface area contributed by atoms with Gasteiger partial charge in [-0.15, -0.1) is 0 Å². The van der Waals surface area contributed by atoms with E-state index < -0.39 is 16.1 Å². The van der Waals surface area contributed by atoms with Crippen LogP contribution in [0.2, 0.25) is 0 Å². The molecular formula is C22H15NO5S. The van der Waals surface area contributed by atoms with Gasteiger partial charge in [-0.3, -0.25) is 0 Å². The molecule has 1 aliphatic heterocycles. The summed E-state index contributed by atoms with van der Waals surface area (Å²) in [5.41, 5.74) is 1.36. The molecule has 29 heavy (non-hydrogen) atoms. The number of nitrogens with zero attached hydrogens (tertiary/aromatic N) is 1. The van der Waals surface area contributed by atoms with Crippen molar-refractivity contribution in [1.82, 2.24) is 0 Å². The summed E-state index contributed by atoms with van der Waals surface area (Å²) in [4.78, 5) is 16.4. The molecule has 1 heterocycles. The third-order valence-corrected chi connectivity index (χ3v) is 5.30. The van der Waals surface area contributed by atoms with Gasteiger partial charge >= 0.3 is 16.1 Å². The molecule has 0 fully saturated rings. The van der Waals surface area contributed by atoms with Crippen LogP contribution in [0.5, 0.6) is 5.75 Å². The van der Waals surface area contributed by atoms with Crippen molar-refractivity contribution in [3.8, 4) is 5.75 Å². The van der Waals surface area contributed by atoms with Crippen molar-refractivity contribution >= 4 is 28.1 Å². The predicted molar refractivity (Wildman–Crippen MR) is 108 cm³/mol. The third kappa shape index (κ3) is 4.25. The summed E-state index contributed by atoms with van der Waals surface area (Å²) < 4.78 is 35.2. The quantitative estimate of drug-likeness (QED) is 0.366. The third-order valence-electron chi connectivity index (χ3n) is 4.04. The molecule has 6 nitrogen and oxygen atoms in total. The second kappa shape index (κ2) is 7.73. The number of esters is 1. The first-order chi connectivity index (χ1) is 14.0. The van der Waals surface area contributed by atoms with E-state index in [1.807, 2.05) is 18.2 Å². The second-order valence-corrected chi connectivity index (χ2v) is 7.67. The van der Waals surface area contributed by atoms with E-state index in [-0.39, 0.29) is 22.2 Å². The van der Waals surface area contributed by atoms with Crippen molar-refractivity contribution in [2.75, 3.05) is 0 Å². The van der Waals surface area contributed by atoms with E-state index in [4.69, 9.17) is 8.92 Å². The van der Waals surface area contributed by atoms with Crippen LogP contribution in [0.25, 0.3) is 6.08 Å². The molecule has 0 saturated carbocycles. The second-order valence-electron chi connectivity index (χ2n) is 6.13. The molecule has 0 aliphatic carbocycles. The van der Waals surface area contributed by atoms with Gasteiger partial charge in [0, 0.05) is 5.56 Å². The summed E-state index contributed by atoms with van der Waals surface area (Å²) in [7, 11) is -3.95. The number of cyclic esters (lactones) is 1. The Morgan fingerprint density at radius 2 is 1.55 bits per heavy atom. The van der Waals surface area contributed by atoms with E-state index in [0.29, 0.717) is 11.1 Å². The normalized spacial score (nSPS) is 15.1. The van der Waals surface area contributed by atoms with Crippen LogP contribution in [-0.2, 0) is 19.6 Å². The van der Waals surface area contributed by atoms with Crippen LogP contribution in [-0.4, -0.2) is 20.3 Å². The largest absolute Gasteiger partial charge is 0.402 e. The Kier molecular flexibility index (Phi) is 4.97. The molecule has 0 saturated heterocycles. The van der Waals surface area contributed by atoms with Gasteiger partial charge in [-0.25, -0.2) is 9.79 Å². The van der Waals surface area contributed by atoms with Crippen LogP contribution in [0.3, 0.4) is 0 Å². The fraction of sp³-hybridized carbons (Fsp3) is 0. The van der Waals surface area contributed by atoms with E-state index in [1.165, 1.54) is 30.3 Å². The van der Waals surface area contributed by atoms with Crippen molar-refractivity contribution in [2.24, 2.45) is 4.99 Å². The van der Waals surface area contributed by atoms with E-state index in [1.54, 1.807) is 42.5 Å². The van der Waals surface area contributed by atoms with Crippen LogP contribution >= 0.6 is 0 Å². The highest BCUT2D eigenvalue weighted by Gasteiger charge is 2.24. The SMILES string of the molecule is O=C1OC(c2ccccc2)=N/C1=C\c1cccc(OS(=O)(=O)c2ccccc2)c1. The Morgan fingerprint density at radius 3 is 2.28 bits per heavy atom. The number of ether oxygens (including phenoxy) is 1. The van der Waals surface area contributed by atoms with Crippen molar-refractivity contribution in [2.45, 2.75) is 4.90 Å². The van der Waals surface area contributed by atoms with E-state index >= 15 is 0 Å². The lowest BCUT2D eigenvalue weighted by molar-refractivity contribution is -0.129. The van der Waals surface area contributed by atoms with Crippen LogP contribution < -0.4 is 4.18 Å². The summed E-state index contributed by atoms with van der Waals surface area (Å²) >= 11 is 0. The number of hydrogen-bond donors (Lipinski definition) is 0. The van der Waals surface area contributed by atoms with Gasteiger partial charge in [0.05, 0.1) is 0 Å². The lowest BCUT2D eigenvalue weighted by atomic mass is 10.2. The van der Waals surface area contributed by atoms with Crippen molar-refractivity contribution in [3.05, 3.63) is 102 Å². The molecule has 0 N–H and O–H groups in total. The van der Waals surface area contributed by atoms with E-state index in [0.717, 1.165) is 0 Å². The summed E-state index contributed by atoms with van der Waals surface area (Å²) in [6.45, 7) is 0. The van der Waals surface area contributed by atoms with E-state index in [9.17, 15) is 13.2 Å². The van der Waals surface area contributed by atoms with Gasteiger partial charge in [-0.2, -0.15) is 8.42 Å². The van der Waals surface area contributed by atoms with Crippen LogP contribution in [0, 0.1) is 0 Å². The molecule has 0 aromatic heterocycles. The van der Waals surface area contributed by atoms with Gasteiger partial charge in [0.2, 0.25) is 5.90 Å². The number of rotatable bonds is 5. The Balaban J connectivity index is 1.59. The Hall–Kier alpha value is -3.71.